The van der Waals surface area contributed by atoms with Crippen LogP contribution in [0.25, 0.3) is 0 Å². The fourth-order valence-corrected chi connectivity index (χ4v) is 2.54. The number of likely N-dealkylation sites (N-methyl/N-ethyl adjacent to an activating group) is 1. The Labute approximate surface area is 158 Å². The molecule has 2 N–H and O–H groups in total. The highest BCUT2D eigenvalue weighted by Gasteiger charge is 2.22. The largest absolute Gasteiger partial charge is 0.356 e. The molecule has 0 aromatic carbocycles. The minimum absolute atomic E-state index is 0.0159. The number of nitrogens with zero attached hydrogens (tertiary/aromatic N) is 4. The fourth-order valence-electron chi connectivity index (χ4n) is 2.54. The van der Waals surface area contributed by atoms with Gasteiger partial charge in [-0.25, -0.2) is 4.99 Å². The molecular formula is C18H36N6O2. The van der Waals surface area contributed by atoms with Crippen LogP contribution in [0, 0.1) is 5.92 Å². The highest BCUT2D eigenvalue weighted by atomic mass is 16.2. The number of guanidine groups is 1. The zero-order valence-electron chi connectivity index (χ0n) is 17.2. The van der Waals surface area contributed by atoms with Gasteiger partial charge in [0, 0.05) is 52.9 Å². The van der Waals surface area contributed by atoms with Crippen LogP contribution in [0.3, 0.4) is 0 Å². The maximum atomic E-state index is 11.9. The van der Waals surface area contributed by atoms with Crippen molar-refractivity contribution in [3.05, 3.63) is 0 Å². The smallest absolute Gasteiger partial charge is 0.243 e. The van der Waals surface area contributed by atoms with Crippen molar-refractivity contribution in [3.63, 3.8) is 0 Å². The summed E-state index contributed by atoms with van der Waals surface area (Å²) in [6, 6.07) is 0.164. The molecule has 0 aromatic heterocycles. The third-order valence-electron chi connectivity index (χ3n) is 4.02. The number of rotatable bonds is 7. The van der Waals surface area contributed by atoms with Crippen molar-refractivity contribution in [2.75, 3.05) is 59.9 Å². The molecule has 8 heteroatoms. The topological polar surface area (TPSA) is 80.3 Å². The molecule has 1 aliphatic rings. The minimum Gasteiger partial charge on any atom is -0.356 e. The Morgan fingerprint density at radius 2 is 1.69 bits per heavy atom. The summed E-state index contributed by atoms with van der Waals surface area (Å²) in [5.41, 5.74) is 0. The van der Waals surface area contributed by atoms with Crippen molar-refractivity contribution in [1.29, 1.82) is 0 Å². The van der Waals surface area contributed by atoms with Crippen LogP contribution in [-0.2, 0) is 9.59 Å². The van der Waals surface area contributed by atoms with Gasteiger partial charge in [-0.1, -0.05) is 13.8 Å². The predicted octanol–water partition coefficient (Wildman–Crippen LogP) is -0.182. The molecule has 1 heterocycles. The van der Waals surface area contributed by atoms with Gasteiger partial charge in [-0.2, -0.15) is 0 Å². The third-order valence-corrected chi connectivity index (χ3v) is 4.02. The zero-order valence-corrected chi connectivity index (χ0v) is 17.2. The molecule has 0 saturated carbocycles. The Bertz CT molecular complexity index is 482. The van der Waals surface area contributed by atoms with Crippen molar-refractivity contribution in [1.82, 2.24) is 25.3 Å². The number of carbonyl (C=O) groups excluding carboxylic acids is 2. The Kier molecular flexibility index (Phi) is 9.40. The molecule has 0 unspecified atom stereocenters. The average molecular weight is 369 g/mol. The Morgan fingerprint density at radius 3 is 2.19 bits per heavy atom. The quantitative estimate of drug-likeness (QED) is 0.481. The lowest BCUT2D eigenvalue weighted by molar-refractivity contribution is -0.127. The van der Waals surface area contributed by atoms with E-state index in [4.69, 9.17) is 0 Å². The Hall–Kier alpha value is -1.83. The molecule has 0 atom stereocenters. The van der Waals surface area contributed by atoms with Crippen LogP contribution >= 0.6 is 0 Å². The van der Waals surface area contributed by atoms with Crippen LogP contribution < -0.4 is 10.6 Å². The van der Waals surface area contributed by atoms with E-state index in [2.05, 4.69) is 39.3 Å². The van der Waals surface area contributed by atoms with E-state index in [-0.39, 0.29) is 24.4 Å². The number of amides is 2. The number of aliphatic imine (C=N–C) groups is 1. The van der Waals surface area contributed by atoms with E-state index in [0.717, 1.165) is 38.7 Å². The number of hydrogen-bond acceptors (Lipinski definition) is 4. The van der Waals surface area contributed by atoms with Gasteiger partial charge in [0.25, 0.3) is 0 Å². The molecule has 2 amide bonds. The monoisotopic (exact) mass is 368 g/mol. The van der Waals surface area contributed by atoms with Crippen molar-refractivity contribution in [2.45, 2.75) is 33.7 Å². The number of piperazine rings is 1. The van der Waals surface area contributed by atoms with Crippen molar-refractivity contribution >= 4 is 17.8 Å². The maximum absolute atomic E-state index is 11.9. The summed E-state index contributed by atoms with van der Waals surface area (Å²) in [4.78, 5) is 34.1. The highest BCUT2D eigenvalue weighted by molar-refractivity contribution is 5.85. The van der Waals surface area contributed by atoms with E-state index < -0.39 is 0 Å². The van der Waals surface area contributed by atoms with Gasteiger partial charge in [0.2, 0.25) is 11.8 Å². The van der Waals surface area contributed by atoms with Gasteiger partial charge in [-0.15, -0.1) is 0 Å². The summed E-state index contributed by atoms with van der Waals surface area (Å²) in [5.74, 6) is 1.32. The van der Waals surface area contributed by atoms with Crippen LogP contribution in [0.15, 0.2) is 4.99 Å². The first kappa shape index (κ1) is 22.2. The van der Waals surface area contributed by atoms with Gasteiger partial charge in [-0.05, 0) is 19.8 Å². The van der Waals surface area contributed by atoms with E-state index in [1.165, 1.54) is 0 Å². The second-order valence-electron chi connectivity index (χ2n) is 7.69. The predicted molar refractivity (Wildman–Crippen MR) is 105 cm³/mol. The summed E-state index contributed by atoms with van der Waals surface area (Å²) < 4.78 is 0. The highest BCUT2D eigenvalue weighted by Crippen LogP contribution is 2.03. The van der Waals surface area contributed by atoms with Crippen LogP contribution in [0.1, 0.15) is 27.7 Å². The van der Waals surface area contributed by atoms with Gasteiger partial charge < -0.3 is 20.4 Å². The number of nitrogens with one attached hydrogen (secondary N) is 2. The molecule has 0 spiro atoms. The summed E-state index contributed by atoms with van der Waals surface area (Å²) in [6.45, 7) is 12.8. The van der Waals surface area contributed by atoms with Crippen LogP contribution in [-0.4, -0.2) is 98.4 Å². The van der Waals surface area contributed by atoms with E-state index >= 15 is 0 Å². The van der Waals surface area contributed by atoms with E-state index in [1.54, 1.807) is 19.0 Å². The summed E-state index contributed by atoms with van der Waals surface area (Å²) >= 11 is 0. The standard InChI is InChI=1S/C18H36N6O2/c1-14(2)11-19-18(20-12-17(26)22(5)6)24-9-7-23(8-10-24)13-16(25)21-15(3)4/h14-15H,7-13H2,1-6H3,(H,19,20)(H,21,25). The molecule has 8 nitrogen and oxygen atoms in total. The van der Waals surface area contributed by atoms with Gasteiger partial charge in [-0.3, -0.25) is 14.5 Å². The van der Waals surface area contributed by atoms with Gasteiger partial charge in [0.1, 0.15) is 6.54 Å². The summed E-state index contributed by atoms with van der Waals surface area (Å²) in [7, 11) is 3.47. The molecule has 1 rings (SSSR count). The third kappa shape index (κ3) is 8.51. The molecule has 1 aliphatic heterocycles. The fraction of sp³-hybridized carbons (Fsp3) is 0.833. The van der Waals surface area contributed by atoms with Crippen LogP contribution in [0.4, 0.5) is 0 Å². The Morgan fingerprint density at radius 1 is 1.08 bits per heavy atom. The molecule has 0 aliphatic carbocycles. The molecule has 26 heavy (non-hydrogen) atoms. The average Bonchev–Trinajstić information content (AvgIpc) is 2.54. The van der Waals surface area contributed by atoms with Crippen molar-refractivity contribution in [3.8, 4) is 0 Å². The van der Waals surface area contributed by atoms with Crippen molar-refractivity contribution in [2.24, 2.45) is 10.9 Å². The second kappa shape index (κ2) is 11.0. The molecule has 1 fully saturated rings. The van der Waals surface area contributed by atoms with Gasteiger partial charge in [0.05, 0.1) is 6.54 Å². The van der Waals surface area contributed by atoms with E-state index in [0.29, 0.717) is 12.5 Å². The lowest BCUT2D eigenvalue weighted by atomic mass is 10.2. The molecule has 150 valence electrons. The summed E-state index contributed by atoms with van der Waals surface area (Å²) in [6.07, 6.45) is 0. The number of carbonyl (C=O) groups is 2. The lowest BCUT2D eigenvalue weighted by Crippen LogP contribution is -2.54. The maximum Gasteiger partial charge on any atom is 0.243 e. The first-order chi connectivity index (χ1) is 12.2. The molecule has 0 radical (unpaired) electrons. The van der Waals surface area contributed by atoms with Gasteiger partial charge in [0.15, 0.2) is 5.96 Å². The van der Waals surface area contributed by atoms with E-state index in [9.17, 15) is 9.59 Å². The van der Waals surface area contributed by atoms with E-state index in [1.807, 2.05) is 13.8 Å². The minimum atomic E-state index is -0.0159. The normalized spacial score (nSPS) is 16.2. The second-order valence-corrected chi connectivity index (χ2v) is 7.69. The van der Waals surface area contributed by atoms with Crippen LogP contribution in [0.5, 0.6) is 0 Å². The van der Waals surface area contributed by atoms with Crippen molar-refractivity contribution < 1.29 is 9.59 Å². The zero-order chi connectivity index (χ0) is 19.7. The summed E-state index contributed by atoms with van der Waals surface area (Å²) in [5, 5.41) is 6.30. The molecule has 0 aromatic rings. The van der Waals surface area contributed by atoms with Crippen LogP contribution in [0.2, 0.25) is 0 Å². The SMILES string of the molecule is CC(C)CNC(=NCC(=O)N(C)C)N1CCN(CC(=O)NC(C)C)CC1. The molecular weight excluding hydrogens is 332 g/mol. The Balaban J connectivity index is 2.59. The lowest BCUT2D eigenvalue weighted by Gasteiger charge is -2.36. The van der Waals surface area contributed by atoms with Gasteiger partial charge >= 0.3 is 0 Å². The molecule has 1 saturated heterocycles. The first-order valence-electron chi connectivity index (χ1n) is 9.44. The first-order valence-corrected chi connectivity index (χ1v) is 9.44. The number of hydrogen-bond donors (Lipinski definition) is 2. The molecule has 0 bridgehead atoms.